The van der Waals surface area contributed by atoms with Crippen LogP contribution in [0.2, 0.25) is 0 Å². The van der Waals surface area contributed by atoms with E-state index in [0.29, 0.717) is 30.2 Å². The zero-order valence-electron chi connectivity index (χ0n) is 15.7. The number of carbonyl (C=O) groups excluding carboxylic acids is 1. The van der Waals surface area contributed by atoms with Crippen molar-refractivity contribution < 1.29 is 13.2 Å². The Balaban J connectivity index is 1.50. The largest absolute Gasteiger partial charge is 0.356 e. The second-order valence-electron chi connectivity index (χ2n) is 7.16. The summed E-state index contributed by atoms with van der Waals surface area (Å²) in [6, 6.07) is 9.88. The van der Waals surface area contributed by atoms with Crippen LogP contribution in [0.15, 0.2) is 47.5 Å². The van der Waals surface area contributed by atoms with E-state index < -0.39 is 10.0 Å². The van der Waals surface area contributed by atoms with E-state index in [1.807, 2.05) is 0 Å². The first-order valence-electron chi connectivity index (χ1n) is 9.67. The van der Waals surface area contributed by atoms with E-state index in [1.165, 1.54) is 4.31 Å². The number of sulfonamides is 1. The van der Waals surface area contributed by atoms with Crippen molar-refractivity contribution in [3.05, 3.63) is 48.2 Å². The summed E-state index contributed by atoms with van der Waals surface area (Å²) in [5, 5.41) is 2.86. The molecule has 2 saturated heterocycles. The number of rotatable bonds is 5. The Morgan fingerprint density at radius 3 is 2.25 bits per heavy atom. The molecule has 148 valence electrons. The molecule has 2 aromatic rings. The van der Waals surface area contributed by atoms with Gasteiger partial charge in [0.25, 0.3) is 5.91 Å². The van der Waals surface area contributed by atoms with Gasteiger partial charge in [-0.2, -0.15) is 4.31 Å². The number of hydrogen-bond acceptors (Lipinski definition) is 5. The molecule has 1 aromatic heterocycles. The van der Waals surface area contributed by atoms with Crippen LogP contribution in [0, 0.1) is 0 Å². The second kappa shape index (κ2) is 7.89. The standard InChI is InChI=1S/C20H24N4O3S/c25-20(18-6-5-11-21-19(18)23-12-1-2-13-23)22-16-7-9-17(10-8-16)28(26,27)24-14-3-4-15-24/h5-11H,1-4,12-15H2,(H,22,25). The van der Waals surface area contributed by atoms with E-state index in [1.54, 1.807) is 42.6 Å². The van der Waals surface area contributed by atoms with Gasteiger partial charge in [-0.15, -0.1) is 0 Å². The molecule has 1 aromatic carbocycles. The second-order valence-corrected chi connectivity index (χ2v) is 9.10. The number of amides is 1. The molecule has 3 heterocycles. The summed E-state index contributed by atoms with van der Waals surface area (Å²) in [6.07, 6.45) is 5.70. The van der Waals surface area contributed by atoms with Crippen molar-refractivity contribution in [1.82, 2.24) is 9.29 Å². The zero-order chi connectivity index (χ0) is 19.6. The van der Waals surface area contributed by atoms with Crippen LogP contribution in [0.25, 0.3) is 0 Å². The van der Waals surface area contributed by atoms with Gasteiger partial charge < -0.3 is 10.2 Å². The highest BCUT2D eigenvalue weighted by Crippen LogP contribution is 2.25. The van der Waals surface area contributed by atoms with Crippen LogP contribution in [0.3, 0.4) is 0 Å². The van der Waals surface area contributed by atoms with E-state index in [4.69, 9.17) is 0 Å². The van der Waals surface area contributed by atoms with Crippen LogP contribution in [-0.2, 0) is 10.0 Å². The number of benzene rings is 1. The summed E-state index contributed by atoms with van der Waals surface area (Å²) in [7, 11) is -3.45. The molecule has 2 aliphatic rings. The molecule has 7 nitrogen and oxygen atoms in total. The first kappa shape index (κ1) is 18.9. The van der Waals surface area contributed by atoms with Crippen LogP contribution in [0.4, 0.5) is 11.5 Å². The summed E-state index contributed by atoms with van der Waals surface area (Å²) in [6.45, 7) is 2.95. The quantitative estimate of drug-likeness (QED) is 0.834. The third-order valence-corrected chi connectivity index (χ3v) is 7.16. The topological polar surface area (TPSA) is 82.6 Å². The third kappa shape index (κ3) is 3.74. The Morgan fingerprint density at radius 2 is 1.57 bits per heavy atom. The Hall–Kier alpha value is -2.45. The lowest BCUT2D eigenvalue weighted by Crippen LogP contribution is -2.27. The molecule has 1 N–H and O–H groups in total. The fourth-order valence-corrected chi connectivity index (χ4v) is 5.26. The highest BCUT2D eigenvalue weighted by Gasteiger charge is 2.27. The summed E-state index contributed by atoms with van der Waals surface area (Å²) in [4.78, 5) is 19.6. The highest BCUT2D eigenvalue weighted by molar-refractivity contribution is 7.89. The van der Waals surface area contributed by atoms with E-state index >= 15 is 0 Å². The monoisotopic (exact) mass is 400 g/mol. The van der Waals surface area contributed by atoms with Gasteiger partial charge in [0.2, 0.25) is 10.0 Å². The Bertz CT molecular complexity index is 948. The first-order valence-corrected chi connectivity index (χ1v) is 11.1. The fraction of sp³-hybridized carbons (Fsp3) is 0.400. The predicted molar refractivity (Wildman–Crippen MR) is 108 cm³/mol. The Morgan fingerprint density at radius 1 is 0.929 bits per heavy atom. The van der Waals surface area contributed by atoms with Crippen LogP contribution in [0.1, 0.15) is 36.0 Å². The maximum Gasteiger partial charge on any atom is 0.259 e. The normalized spacial score (nSPS) is 17.8. The van der Waals surface area contributed by atoms with E-state index in [-0.39, 0.29) is 10.8 Å². The van der Waals surface area contributed by atoms with Crippen molar-refractivity contribution in [2.45, 2.75) is 30.6 Å². The molecule has 0 bridgehead atoms. The van der Waals surface area contributed by atoms with E-state index in [9.17, 15) is 13.2 Å². The molecule has 2 aliphatic heterocycles. The highest BCUT2D eigenvalue weighted by atomic mass is 32.2. The van der Waals surface area contributed by atoms with Gasteiger partial charge in [-0.1, -0.05) is 0 Å². The molecule has 2 fully saturated rings. The molecule has 0 aliphatic carbocycles. The van der Waals surface area contributed by atoms with Gasteiger partial charge in [-0.05, 0) is 62.1 Å². The first-order chi connectivity index (χ1) is 13.6. The molecule has 0 atom stereocenters. The lowest BCUT2D eigenvalue weighted by molar-refractivity contribution is 0.102. The average Bonchev–Trinajstić information content (AvgIpc) is 3.42. The molecular formula is C20H24N4O3S. The van der Waals surface area contributed by atoms with Crippen molar-refractivity contribution in [2.24, 2.45) is 0 Å². The van der Waals surface area contributed by atoms with Gasteiger partial charge in [-0.25, -0.2) is 13.4 Å². The van der Waals surface area contributed by atoms with E-state index in [0.717, 1.165) is 38.8 Å². The molecular weight excluding hydrogens is 376 g/mol. The molecule has 1 amide bonds. The fourth-order valence-electron chi connectivity index (χ4n) is 3.74. The number of nitrogens with zero attached hydrogens (tertiary/aromatic N) is 3. The van der Waals surface area contributed by atoms with Crippen LogP contribution in [-0.4, -0.2) is 49.8 Å². The predicted octanol–water partition coefficient (Wildman–Crippen LogP) is 2.72. The number of nitrogens with one attached hydrogen (secondary N) is 1. The van der Waals surface area contributed by atoms with Crippen LogP contribution in [0.5, 0.6) is 0 Å². The number of aromatic nitrogens is 1. The van der Waals surface area contributed by atoms with Gasteiger partial charge in [0, 0.05) is 38.1 Å². The minimum atomic E-state index is -3.45. The SMILES string of the molecule is O=C(Nc1ccc(S(=O)(=O)N2CCCC2)cc1)c1cccnc1N1CCCC1. The smallest absolute Gasteiger partial charge is 0.259 e. The maximum atomic E-state index is 12.8. The molecule has 0 spiro atoms. The lowest BCUT2D eigenvalue weighted by atomic mass is 10.2. The number of hydrogen-bond donors (Lipinski definition) is 1. The van der Waals surface area contributed by atoms with Crippen LogP contribution < -0.4 is 10.2 Å². The van der Waals surface area contributed by atoms with Crippen molar-refractivity contribution in [3.63, 3.8) is 0 Å². The molecule has 0 saturated carbocycles. The van der Waals surface area contributed by atoms with Crippen molar-refractivity contribution in [3.8, 4) is 0 Å². The van der Waals surface area contributed by atoms with Crippen molar-refractivity contribution in [1.29, 1.82) is 0 Å². The molecule has 8 heteroatoms. The van der Waals surface area contributed by atoms with Gasteiger partial charge in [0.1, 0.15) is 5.82 Å². The lowest BCUT2D eigenvalue weighted by Gasteiger charge is -2.19. The summed E-state index contributed by atoms with van der Waals surface area (Å²) >= 11 is 0. The maximum absolute atomic E-state index is 12.8. The summed E-state index contributed by atoms with van der Waals surface area (Å²) < 4.78 is 26.7. The number of carbonyl (C=O) groups is 1. The van der Waals surface area contributed by atoms with Crippen molar-refractivity contribution >= 4 is 27.4 Å². The molecule has 0 radical (unpaired) electrons. The molecule has 0 unspecified atom stereocenters. The van der Waals surface area contributed by atoms with Gasteiger partial charge in [0.05, 0.1) is 10.5 Å². The van der Waals surface area contributed by atoms with Gasteiger partial charge >= 0.3 is 0 Å². The Kier molecular flexibility index (Phi) is 5.32. The molecule has 4 rings (SSSR count). The van der Waals surface area contributed by atoms with Gasteiger partial charge in [-0.3, -0.25) is 4.79 Å². The average molecular weight is 401 g/mol. The minimum Gasteiger partial charge on any atom is -0.356 e. The Labute approximate surface area is 165 Å². The van der Waals surface area contributed by atoms with E-state index in [2.05, 4.69) is 15.2 Å². The molecule has 28 heavy (non-hydrogen) atoms. The number of pyridine rings is 1. The van der Waals surface area contributed by atoms with Crippen molar-refractivity contribution in [2.75, 3.05) is 36.4 Å². The summed E-state index contributed by atoms with van der Waals surface area (Å²) in [5.41, 5.74) is 1.08. The number of anilines is 2. The summed E-state index contributed by atoms with van der Waals surface area (Å²) in [5.74, 6) is 0.455. The van der Waals surface area contributed by atoms with Gasteiger partial charge in [0.15, 0.2) is 0 Å². The zero-order valence-corrected chi connectivity index (χ0v) is 16.5. The minimum absolute atomic E-state index is 0.245. The third-order valence-electron chi connectivity index (χ3n) is 5.25. The van der Waals surface area contributed by atoms with Crippen LogP contribution >= 0.6 is 0 Å².